The van der Waals surface area contributed by atoms with Gasteiger partial charge in [-0.25, -0.2) is 9.96 Å². The van der Waals surface area contributed by atoms with Crippen LogP contribution in [0.15, 0.2) is 73.1 Å². The number of aromatic nitrogens is 1. The van der Waals surface area contributed by atoms with Crippen molar-refractivity contribution >= 4 is 46.4 Å². The summed E-state index contributed by atoms with van der Waals surface area (Å²) >= 11 is 12.6. The van der Waals surface area contributed by atoms with Crippen molar-refractivity contribution in [3.63, 3.8) is 0 Å². The highest BCUT2D eigenvalue weighted by Crippen LogP contribution is 2.49. The van der Waals surface area contributed by atoms with Crippen molar-refractivity contribution in [1.82, 2.24) is 4.98 Å². The summed E-state index contributed by atoms with van der Waals surface area (Å²) in [6, 6.07) is 17.3. The fourth-order valence-electron chi connectivity index (χ4n) is 4.04. The Kier molecular flexibility index (Phi) is 4.70. The number of anilines is 2. The highest BCUT2D eigenvalue weighted by atomic mass is 35.5. The zero-order chi connectivity index (χ0) is 20.8. The number of carbonyl (C=O) groups excluding carboxylic acids is 2. The molecular formula is C22H15Cl2N3O3. The van der Waals surface area contributed by atoms with Gasteiger partial charge in [0.1, 0.15) is 5.92 Å². The topological polar surface area (TPSA) is 62.7 Å². The van der Waals surface area contributed by atoms with Crippen LogP contribution in [0.5, 0.6) is 0 Å². The minimum Gasteiger partial charge on any atom is -0.273 e. The largest absolute Gasteiger partial charge is 0.273 e. The van der Waals surface area contributed by atoms with Gasteiger partial charge in [0.2, 0.25) is 5.91 Å². The minimum absolute atomic E-state index is 0.188. The molecule has 6 nitrogen and oxygen atoms in total. The number of amides is 2. The van der Waals surface area contributed by atoms with E-state index in [9.17, 15) is 9.59 Å². The molecule has 0 aliphatic carbocycles. The van der Waals surface area contributed by atoms with Gasteiger partial charge in [-0.3, -0.25) is 19.4 Å². The Hall–Kier alpha value is -2.93. The van der Waals surface area contributed by atoms with Crippen LogP contribution >= 0.6 is 23.2 Å². The number of hydroxylamine groups is 1. The van der Waals surface area contributed by atoms with E-state index in [2.05, 4.69) is 4.98 Å². The van der Waals surface area contributed by atoms with E-state index in [1.165, 1.54) is 0 Å². The number of nitrogens with zero attached hydrogens (tertiary/aromatic N) is 3. The summed E-state index contributed by atoms with van der Waals surface area (Å²) in [7, 11) is 0. The van der Waals surface area contributed by atoms with Crippen molar-refractivity contribution in [1.29, 1.82) is 0 Å². The van der Waals surface area contributed by atoms with E-state index in [4.69, 9.17) is 28.0 Å². The van der Waals surface area contributed by atoms with Gasteiger partial charge in [-0.15, -0.1) is 0 Å². The first-order valence-corrected chi connectivity index (χ1v) is 10.1. The highest BCUT2D eigenvalue weighted by Gasteiger charge is 2.60. The lowest BCUT2D eigenvalue weighted by Crippen LogP contribution is -2.37. The maximum Gasteiger partial charge on any atom is 0.266 e. The number of pyridine rings is 1. The van der Waals surface area contributed by atoms with Crippen molar-refractivity contribution in [2.45, 2.75) is 12.1 Å². The first-order valence-electron chi connectivity index (χ1n) is 9.30. The number of hydrogen-bond donors (Lipinski definition) is 0. The molecular weight excluding hydrogens is 425 g/mol. The maximum absolute atomic E-state index is 13.5. The lowest BCUT2D eigenvalue weighted by atomic mass is 9.91. The second-order valence-corrected chi connectivity index (χ2v) is 7.84. The van der Waals surface area contributed by atoms with Crippen LogP contribution in [-0.2, 0) is 14.4 Å². The standard InChI is InChI=1S/C22H15Cl2N3O3/c23-15-7-4-8-16(24)19(15)26-21(28)17-18(13-9-11-25-12-10-13)27(30-20(17)22(26)29)14-5-2-1-3-6-14/h1-12,17-18,20H/t17-,18+,20+/m1/s1. The maximum atomic E-state index is 13.5. The van der Waals surface area contributed by atoms with Crippen LogP contribution in [0.2, 0.25) is 10.0 Å². The SMILES string of the molecule is O=C1[C@H]2[C@H](ON(c3ccccc3)[C@H]2c2ccncc2)C(=O)N1c1c(Cl)cccc1Cl. The summed E-state index contributed by atoms with van der Waals surface area (Å²) in [4.78, 5) is 38.0. The van der Waals surface area contributed by atoms with Crippen LogP contribution in [-0.4, -0.2) is 22.9 Å². The average Bonchev–Trinajstić information content (AvgIpc) is 3.27. The molecule has 0 bridgehead atoms. The molecule has 3 heterocycles. The molecule has 2 aliphatic heterocycles. The second kappa shape index (κ2) is 7.40. The normalized spacial score (nSPS) is 23.2. The molecule has 0 saturated carbocycles. The average molecular weight is 440 g/mol. The Morgan fingerprint density at radius 1 is 0.833 bits per heavy atom. The molecule has 0 radical (unpaired) electrons. The zero-order valence-corrected chi connectivity index (χ0v) is 17.0. The lowest BCUT2D eigenvalue weighted by molar-refractivity contribution is -0.126. The van der Waals surface area contributed by atoms with Gasteiger partial charge in [0.25, 0.3) is 5.91 Å². The zero-order valence-electron chi connectivity index (χ0n) is 15.5. The van der Waals surface area contributed by atoms with Gasteiger partial charge in [0.15, 0.2) is 6.10 Å². The third kappa shape index (κ3) is 2.88. The Morgan fingerprint density at radius 2 is 1.50 bits per heavy atom. The molecule has 2 aromatic carbocycles. The number of carbonyl (C=O) groups is 2. The third-order valence-corrected chi connectivity index (χ3v) is 5.94. The molecule has 0 unspecified atom stereocenters. The number of hydrogen-bond acceptors (Lipinski definition) is 5. The Balaban J connectivity index is 1.61. The summed E-state index contributed by atoms with van der Waals surface area (Å²) in [5.41, 5.74) is 1.75. The van der Waals surface area contributed by atoms with E-state index in [0.717, 1.165) is 16.2 Å². The predicted octanol–water partition coefficient (Wildman–Crippen LogP) is 4.44. The Labute approximate surface area is 182 Å². The number of benzene rings is 2. The molecule has 1 aromatic heterocycles. The Bertz CT molecular complexity index is 1110. The van der Waals surface area contributed by atoms with Crippen molar-refractivity contribution in [3.8, 4) is 0 Å². The fraction of sp³-hybridized carbons (Fsp3) is 0.136. The first kappa shape index (κ1) is 19.1. The Morgan fingerprint density at radius 3 is 2.17 bits per heavy atom. The summed E-state index contributed by atoms with van der Waals surface area (Å²) in [6.07, 6.45) is 2.31. The molecule has 3 aromatic rings. The fourth-order valence-corrected chi connectivity index (χ4v) is 4.60. The molecule has 2 aliphatic rings. The molecule has 0 spiro atoms. The van der Waals surface area contributed by atoms with Crippen LogP contribution in [0, 0.1) is 5.92 Å². The number of halogens is 2. The van der Waals surface area contributed by atoms with Crippen molar-refractivity contribution in [3.05, 3.63) is 88.7 Å². The van der Waals surface area contributed by atoms with E-state index in [0.29, 0.717) is 0 Å². The van der Waals surface area contributed by atoms with Gasteiger partial charge in [0, 0.05) is 12.4 Å². The third-order valence-electron chi connectivity index (χ3n) is 5.33. The van der Waals surface area contributed by atoms with Crippen LogP contribution in [0.25, 0.3) is 0 Å². The van der Waals surface area contributed by atoms with E-state index in [-0.39, 0.29) is 15.7 Å². The second-order valence-electron chi connectivity index (χ2n) is 7.02. The number of fused-ring (bicyclic) bond motifs is 1. The predicted molar refractivity (Wildman–Crippen MR) is 113 cm³/mol. The van der Waals surface area contributed by atoms with E-state index in [1.807, 2.05) is 42.5 Å². The number of rotatable bonds is 3. The van der Waals surface area contributed by atoms with Crippen LogP contribution in [0.4, 0.5) is 11.4 Å². The van der Waals surface area contributed by atoms with Gasteiger partial charge < -0.3 is 0 Å². The molecule has 2 saturated heterocycles. The van der Waals surface area contributed by atoms with Crippen molar-refractivity contribution in [2.75, 3.05) is 9.96 Å². The van der Waals surface area contributed by atoms with Crippen molar-refractivity contribution in [2.24, 2.45) is 5.92 Å². The lowest BCUT2D eigenvalue weighted by Gasteiger charge is -2.29. The molecule has 3 atom stereocenters. The molecule has 2 amide bonds. The van der Waals surface area contributed by atoms with Crippen LogP contribution < -0.4 is 9.96 Å². The summed E-state index contributed by atoms with van der Waals surface area (Å²) in [5.74, 6) is -1.65. The van der Waals surface area contributed by atoms with Gasteiger partial charge in [0.05, 0.1) is 27.5 Å². The molecule has 8 heteroatoms. The van der Waals surface area contributed by atoms with E-state index < -0.39 is 29.9 Å². The first-order chi connectivity index (χ1) is 14.6. The smallest absolute Gasteiger partial charge is 0.266 e. The van der Waals surface area contributed by atoms with E-state index in [1.54, 1.807) is 35.7 Å². The molecule has 150 valence electrons. The number of para-hydroxylation sites is 2. The summed E-state index contributed by atoms with van der Waals surface area (Å²) in [6.45, 7) is 0. The van der Waals surface area contributed by atoms with Crippen molar-refractivity contribution < 1.29 is 14.4 Å². The molecule has 5 rings (SSSR count). The van der Waals surface area contributed by atoms with E-state index >= 15 is 0 Å². The van der Waals surface area contributed by atoms with Gasteiger partial charge in [-0.2, -0.15) is 0 Å². The highest BCUT2D eigenvalue weighted by molar-refractivity contribution is 6.42. The monoisotopic (exact) mass is 439 g/mol. The van der Waals surface area contributed by atoms with Crippen LogP contribution in [0.1, 0.15) is 11.6 Å². The minimum atomic E-state index is -0.983. The van der Waals surface area contributed by atoms with Gasteiger partial charge in [-0.1, -0.05) is 47.5 Å². The number of imide groups is 1. The molecule has 30 heavy (non-hydrogen) atoms. The molecule has 2 fully saturated rings. The molecule has 0 N–H and O–H groups in total. The van der Waals surface area contributed by atoms with Crippen LogP contribution in [0.3, 0.4) is 0 Å². The van der Waals surface area contributed by atoms with Gasteiger partial charge in [-0.05, 0) is 42.0 Å². The quantitative estimate of drug-likeness (QED) is 0.564. The van der Waals surface area contributed by atoms with Gasteiger partial charge >= 0.3 is 0 Å². The summed E-state index contributed by atoms with van der Waals surface area (Å²) in [5, 5.41) is 2.08. The summed E-state index contributed by atoms with van der Waals surface area (Å²) < 4.78 is 0.